The lowest BCUT2D eigenvalue weighted by Crippen LogP contribution is -2.64. The van der Waals surface area contributed by atoms with Gasteiger partial charge in [0.05, 0.1) is 0 Å². The molecule has 1 aromatic rings. The summed E-state index contributed by atoms with van der Waals surface area (Å²) >= 11 is 0. The molecular weight excluding hydrogens is 414 g/mol. The molecule has 3 fully saturated rings. The summed E-state index contributed by atoms with van der Waals surface area (Å²) in [5.74, 6) is -1.43. The van der Waals surface area contributed by atoms with Gasteiger partial charge in [0.2, 0.25) is 11.8 Å². The number of likely N-dealkylation sites (tertiary alicyclic amines) is 3. The van der Waals surface area contributed by atoms with Gasteiger partial charge in [-0.15, -0.1) is 0 Å². The van der Waals surface area contributed by atoms with E-state index in [4.69, 9.17) is 5.73 Å². The van der Waals surface area contributed by atoms with Crippen molar-refractivity contribution < 1.29 is 18.4 Å². The molecule has 0 aliphatic carbocycles. The number of carbonyl (C=O) groups excluding carboxylic acids is 2. The fourth-order valence-electron chi connectivity index (χ4n) is 5.71. The molecule has 1 unspecified atom stereocenters. The van der Waals surface area contributed by atoms with Crippen LogP contribution < -0.4 is 5.73 Å². The second-order valence-corrected chi connectivity index (χ2v) is 9.51. The third-order valence-electron chi connectivity index (χ3n) is 7.71. The highest BCUT2D eigenvalue weighted by Crippen LogP contribution is 2.33. The molecule has 0 saturated carbocycles. The van der Waals surface area contributed by atoms with Crippen LogP contribution in [0.25, 0.3) is 0 Å². The van der Waals surface area contributed by atoms with Crippen LogP contribution in [0.1, 0.15) is 56.9 Å². The number of amides is 2. The monoisotopic (exact) mass is 448 g/mol. The zero-order chi connectivity index (χ0) is 22.7. The topological polar surface area (TPSA) is 69.9 Å². The molecule has 4 rings (SSSR count). The molecule has 3 saturated heterocycles. The van der Waals surface area contributed by atoms with Crippen LogP contribution in [0.4, 0.5) is 8.78 Å². The van der Waals surface area contributed by atoms with E-state index < -0.39 is 17.2 Å². The molecule has 2 N–H and O–H groups in total. The van der Waals surface area contributed by atoms with Crippen LogP contribution in [0, 0.1) is 11.6 Å². The minimum absolute atomic E-state index is 0.00744. The Balaban J connectivity index is 1.36. The first kappa shape index (κ1) is 23.1. The van der Waals surface area contributed by atoms with Crippen molar-refractivity contribution in [3.8, 4) is 0 Å². The molecule has 3 heterocycles. The number of primary amides is 1. The van der Waals surface area contributed by atoms with Crippen LogP contribution in [0.2, 0.25) is 0 Å². The average molecular weight is 449 g/mol. The van der Waals surface area contributed by atoms with Gasteiger partial charge in [-0.25, -0.2) is 8.78 Å². The van der Waals surface area contributed by atoms with E-state index in [1.54, 1.807) is 4.90 Å². The van der Waals surface area contributed by atoms with Crippen LogP contribution in [0.5, 0.6) is 0 Å². The van der Waals surface area contributed by atoms with Crippen molar-refractivity contribution in [1.82, 2.24) is 14.7 Å². The highest BCUT2D eigenvalue weighted by molar-refractivity contribution is 5.85. The van der Waals surface area contributed by atoms with E-state index >= 15 is 0 Å². The molecule has 6 nitrogen and oxygen atoms in total. The molecule has 0 bridgehead atoms. The first-order chi connectivity index (χ1) is 15.4. The normalized spacial score (nSPS) is 25.5. The van der Waals surface area contributed by atoms with Crippen LogP contribution in [-0.2, 0) is 16.1 Å². The van der Waals surface area contributed by atoms with Crippen molar-refractivity contribution in [2.75, 3.05) is 32.7 Å². The summed E-state index contributed by atoms with van der Waals surface area (Å²) in [6, 6.07) is 3.76. The lowest BCUT2D eigenvalue weighted by molar-refractivity contribution is -0.135. The molecule has 3 aliphatic heterocycles. The highest BCUT2D eigenvalue weighted by atomic mass is 19.1. The molecule has 0 aromatic heterocycles. The zero-order valence-electron chi connectivity index (χ0n) is 18.7. The molecule has 176 valence electrons. The van der Waals surface area contributed by atoms with E-state index in [1.165, 1.54) is 18.6 Å². The smallest absolute Gasteiger partial charge is 0.238 e. The summed E-state index contributed by atoms with van der Waals surface area (Å²) < 4.78 is 27.3. The number of rotatable bonds is 5. The predicted molar refractivity (Wildman–Crippen MR) is 118 cm³/mol. The van der Waals surface area contributed by atoms with Crippen LogP contribution in [0.15, 0.2) is 18.2 Å². The molecule has 1 atom stereocenters. The number of carbonyl (C=O) groups is 2. The Morgan fingerprint density at radius 1 is 1.03 bits per heavy atom. The highest BCUT2D eigenvalue weighted by Gasteiger charge is 2.46. The van der Waals surface area contributed by atoms with Crippen LogP contribution in [-0.4, -0.2) is 70.8 Å². The molecule has 2 amide bonds. The van der Waals surface area contributed by atoms with Gasteiger partial charge in [-0.3, -0.25) is 14.5 Å². The van der Waals surface area contributed by atoms with E-state index in [9.17, 15) is 18.4 Å². The maximum atomic E-state index is 14.1. The maximum Gasteiger partial charge on any atom is 0.238 e. The summed E-state index contributed by atoms with van der Waals surface area (Å²) in [5.41, 5.74) is 5.71. The Kier molecular flexibility index (Phi) is 7.10. The summed E-state index contributed by atoms with van der Waals surface area (Å²) in [6.45, 7) is 4.18. The Morgan fingerprint density at radius 2 is 1.75 bits per heavy atom. The predicted octanol–water partition coefficient (Wildman–Crippen LogP) is 2.65. The van der Waals surface area contributed by atoms with E-state index in [0.717, 1.165) is 70.8 Å². The minimum Gasteiger partial charge on any atom is -0.368 e. The van der Waals surface area contributed by atoms with Gasteiger partial charge in [0.15, 0.2) is 0 Å². The summed E-state index contributed by atoms with van der Waals surface area (Å²) in [4.78, 5) is 31.5. The standard InChI is InChI=1S/C24H34F2N4O2/c25-19-5-4-18(21(26)16-19)17-29-13-8-20(6-7-22(29)31)28-14-9-24(10-15-28,23(27)32)30-11-2-1-3-12-30/h4-5,16,20H,1-3,6-15,17H2,(H2,27,32). The first-order valence-electron chi connectivity index (χ1n) is 11.9. The summed E-state index contributed by atoms with van der Waals surface area (Å²) in [7, 11) is 0. The van der Waals surface area contributed by atoms with Gasteiger partial charge in [-0.05, 0) is 57.7 Å². The van der Waals surface area contributed by atoms with E-state index in [2.05, 4.69) is 9.80 Å². The van der Waals surface area contributed by atoms with Gasteiger partial charge in [0.1, 0.15) is 17.2 Å². The van der Waals surface area contributed by atoms with E-state index in [0.29, 0.717) is 18.5 Å². The van der Waals surface area contributed by atoms with Gasteiger partial charge in [-0.1, -0.05) is 12.5 Å². The lowest BCUT2D eigenvalue weighted by Gasteiger charge is -2.49. The van der Waals surface area contributed by atoms with Crippen molar-refractivity contribution in [2.24, 2.45) is 5.73 Å². The van der Waals surface area contributed by atoms with Crippen LogP contribution in [0.3, 0.4) is 0 Å². The van der Waals surface area contributed by atoms with Gasteiger partial charge in [-0.2, -0.15) is 0 Å². The molecule has 1 aromatic carbocycles. The zero-order valence-corrected chi connectivity index (χ0v) is 18.7. The quantitative estimate of drug-likeness (QED) is 0.752. The molecule has 0 spiro atoms. The molecule has 0 radical (unpaired) electrons. The maximum absolute atomic E-state index is 14.1. The fraction of sp³-hybridized carbons (Fsp3) is 0.667. The van der Waals surface area contributed by atoms with Crippen molar-refractivity contribution >= 4 is 11.8 Å². The van der Waals surface area contributed by atoms with Gasteiger partial charge in [0, 0.05) is 50.3 Å². The first-order valence-corrected chi connectivity index (χ1v) is 11.9. The number of nitrogens with two attached hydrogens (primary N) is 1. The van der Waals surface area contributed by atoms with Crippen molar-refractivity contribution in [3.05, 3.63) is 35.4 Å². The van der Waals surface area contributed by atoms with Gasteiger partial charge < -0.3 is 15.5 Å². The van der Waals surface area contributed by atoms with Crippen molar-refractivity contribution in [3.63, 3.8) is 0 Å². The Morgan fingerprint density at radius 3 is 2.41 bits per heavy atom. The molecular formula is C24H34F2N4O2. The summed E-state index contributed by atoms with van der Waals surface area (Å²) in [5, 5.41) is 0. The number of hydrogen-bond acceptors (Lipinski definition) is 4. The second-order valence-electron chi connectivity index (χ2n) is 9.51. The SMILES string of the molecule is NC(=O)C1(N2CCCCC2)CCN(C2CCC(=O)N(Cc3ccc(F)cc3F)CC2)CC1. The Hall–Kier alpha value is -2.06. The number of piperidine rings is 2. The summed E-state index contributed by atoms with van der Waals surface area (Å²) in [6.07, 6.45) is 6.90. The minimum atomic E-state index is -0.616. The largest absolute Gasteiger partial charge is 0.368 e. The number of hydrogen-bond donors (Lipinski definition) is 1. The fourth-order valence-corrected chi connectivity index (χ4v) is 5.71. The third-order valence-corrected chi connectivity index (χ3v) is 7.71. The van der Waals surface area contributed by atoms with E-state index in [1.807, 2.05) is 0 Å². The van der Waals surface area contributed by atoms with Crippen molar-refractivity contribution in [1.29, 1.82) is 0 Å². The Bertz CT molecular complexity index is 835. The van der Waals surface area contributed by atoms with Gasteiger partial charge >= 0.3 is 0 Å². The van der Waals surface area contributed by atoms with Crippen LogP contribution >= 0.6 is 0 Å². The Labute approximate surface area is 188 Å². The number of benzene rings is 1. The molecule has 3 aliphatic rings. The number of nitrogens with zero attached hydrogens (tertiary/aromatic N) is 3. The van der Waals surface area contributed by atoms with Gasteiger partial charge in [0.25, 0.3) is 0 Å². The molecule has 8 heteroatoms. The second kappa shape index (κ2) is 9.83. The molecule has 32 heavy (non-hydrogen) atoms. The van der Waals surface area contributed by atoms with E-state index in [-0.39, 0.29) is 24.4 Å². The van der Waals surface area contributed by atoms with Crippen molar-refractivity contribution in [2.45, 2.75) is 69.5 Å². The number of halogens is 2. The third kappa shape index (κ3) is 4.81. The lowest BCUT2D eigenvalue weighted by atomic mass is 9.82. The average Bonchev–Trinajstić information content (AvgIpc) is 2.98.